The molecule has 0 aliphatic carbocycles. The van der Waals surface area contributed by atoms with Gasteiger partial charge in [0.25, 0.3) is 0 Å². The molecule has 0 amide bonds. The molecule has 0 unspecified atom stereocenters. The Hall–Kier alpha value is -1.97. The van der Waals surface area contributed by atoms with Crippen LogP contribution in [0.5, 0.6) is 5.75 Å². The molecule has 0 saturated heterocycles. The molecule has 16 heavy (non-hydrogen) atoms. The third kappa shape index (κ3) is 3.31. The Bertz CT molecular complexity index is 386. The number of anilines is 1. The number of para-hydroxylation sites is 1. The molecule has 0 bridgehead atoms. The van der Waals surface area contributed by atoms with Crippen LogP contribution in [-0.2, 0) is 0 Å². The fourth-order valence-electron chi connectivity index (χ4n) is 1.35. The predicted octanol–water partition coefficient (Wildman–Crippen LogP) is 2.29. The molecule has 0 saturated carbocycles. The number of nitrogens with one attached hydrogen (secondary N) is 2. The van der Waals surface area contributed by atoms with E-state index in [1.54, 1.807) is 12.4 Å². The number of rotatable bonds is 6. The van der Waals surface area contributed by atoms with Gasteiger partial charge >= 0.3 is 0 Å². The Morgan fingerprint density at radius 2 is 2.12 bits per heavy atom. The van der Waals surface area contributed by atoms with Crippen LogP contribution >= 0.6 is 0 Å². The molecule has 0 aliphatic rings. The number of imidazole rings is 1. The molecule has 2 rings (SSSR count). The van der Waals surface area contributed by atoms with Crippen LogP contribution in [0, 0.1) is 0 Å². The number of benzene rings is 1. The lowest BCUT2D eigenvalue weighted by atomic mass is 10.3. The minimum Gasteiger partial charge on any atom is -0.494 e. The number of nitrogens with zero attached hydrogens (tertiary/aromatic N) is 1. The van der Waals surface area contributed by atoms with Gasteiger partial charge in [-0.3, -0.25) is 0 Å². The van der Waals surface area contributed by atoms with Crippen LogP contribution in [0.25, 0.3) is 0 Å². The highest BCUT2D eigenvalue weighted by Crippen LogP contribution is 2.08. The molecule has 1 aromatic heterocycles. The van der Waals surface area contributed by atoms with Gasteiger partial charge in [-0.2, -0.15) is 0 Å². The second kappa shape index (κ2) is 5.80. The molecule has 2 aromatic rings. The first-order valence-electron chi connectivity index (χ1n) is 5.36. The minimum absolute atomic E-state index is 0.706. The quantitative estimate of drug-likeness (QED) is 0.730. The lowest BCUT2D eigenvalue weighted by Gasteiger charge is -2.06. The van der Waals surface area contributed by atoms with Crippen LogP contribution in [-0.4, -0.2) is 23.1 Å². The van der Waals surface area contributed by atoms with Gasteiger partial charge in [0.2, 0.25) is 0 Å². The highest BCUT2D eigenvalue weighted by atomic mass is 16.5. The van der Waals surface area contributed by atoms with Crippen molar-refractivity contribution in [2.75, 3.05) is 18.5 Å². The zero-order valence-corrected chi connectivity index (χ0v) is 9.02. The maximum absolute atomic E-state index is 5.55. The van der Waals surface area contributed by atoms with Crippen molar-refractivity contribution in [2.45, 2.75) is 6.42 Å². The lowest BCUT2D eigenvalue weighted by molar-refractivity contribution is 0.315. The molecule has 1 aromatic carbocycles. The summed E-state index contributed by atoms with van der Waals surface area (Å²) in [4.78, 5) is 7.05. The fourth-order valence-corrected chi connectivity index (χ4v) is 1.35. The summed E-state index contributed by atoms with van der Waals surface area (Å²) in [6.07, 6.45) is 4.46. The fraction of sp³-hybridized carbons (Fsp3) is 0.250. The van der Waals surface area contributed by atoms with Gasteiger partial charge in [0, 0.05) is 18.9 Å². The zero-order valence-electron chi connectivity index (χ0n) is 9.02. The summed E-state index contributed by atoms with van der Waals surface area (Å²) in [5.41, 5.74) is 0. The van der Waals surface area contributed by atoms with E-state index < -0.39 is 0 Å². The molecule has 2 N–H and O–H groups in total. The third-order valence-electron chi connectivity index (χ3n) is 2.12. The van der Waals surface area contributed by atoms with Crippen LogP contribution < -0.4 is 10.1 Å². The summed E-state index contributed by atoms with van der Waals surface area (Å²) < 4.78 is 5.55. The number of hydrogen-bond donors (Lipinski definition) is 2. The molecule has 0 atom stereocenters. The monoisotopic (exact) mass is 217 g/mol. The molecular formula is C12H15N3O. The van der Waals surface area contributed by atoms with Crippen molar-refractivity contribution in [3.05, 3.63) is 42.7 Å². The van der Waals surface area contributed by atoms with E-state index in [4.69, 9.17) is 4.74 Å². The summed E-state index contributed by atoms with van der Waals surface area (Å²) in [5.74, 6) is 1.72. The van der Waals surface area contributed by atoms with Crippen LogP contribution in [0.4, 0.5) is 5.95 Å². The van der Waals surface area contributed by atoms with Gasteiger partial charge in [-0.25, -0.2) is 4.98 Å². The molecular weight excluding hydrogens is 202 g/mol. The highest BCUT2D eigenvalue weighted by molar-refractivity contribution is 5.22. The van der Waals surface area contributed by atoms with Crippen LogP contribution in [0.2, 0.25) is 0 Å². The third-order valence-corrected chi connectivity index (χ3v) is 2.12. The second-order valence-electron chi connectivity index (χ2n) is 3.38. The zero-order chi connectivity index (χ0) is 11.1. The van der Waals surface area contributed by atoms with Gasteiger partial charge in [-0.15, -0.1) is 0 Å². The van der Waals surface area contributed by atoms with E-state index in [1.807, 2.05) is 30.3 Å². The van der Waals surface area contributed by atoms with Crippen molar-refractivity contribution in [3.8, 4) is 5.75 Å². The van der Waals surface area contributed by atoms with E-state index >= 15 is 0 Å². The summed E-state index contributed by atoms with van der Waals surface area (Å²) in [5, 5.41) is 3.16. The molecule has 1 heterocycles. The Morgan fingerprint density at radius 1 is 1.25 bits per heavy atom. The lowest BCUT2D eigenvalue weighted by Crippen LogP contribution is -2.08. The summed E-state index contributed by atoms with van der Waals surface area (Å²) in [6, 6.07) is 9.83. The van der Waals surface area contributed by atoms with Crippen molar-refractivity contribution in [3.63, 3.8) is 0 Å². The maximum atomic E-state index is 5.55. The minimum atomic E-state index is 0.706. The average Bonchev–Trinajstić information content (AvgIpc) is 2.83. The standard InChI is InChI=1S/C12H15N3O/c1-2-5-11(6-3-1)16-10-4-7-13-12-14-8-9-15-12/h1-3,5-6,8-9H,4,7,10H2,(H2,13,14,15). The molecule has 4 nitrogen and oxygen atoms in total. The summed E-state index contributed by atoms with van der Waals surface area (Å²) in [6.45, 7) is 1.55. The first kappa shape index (κ1) is 10.5. The SMILES string of the molecule is c1ccc(OCCCNc2ncc[nH]2)cc1. The smallest absolute Gasteiger partial charge is 0.200 e. The number of hydrogen-bond acceptors (Lipinski definition) is 3. The topological polar surface area (TPSA) is 49.9 Å². The van der Waals surface area contributed by atoms with E-state index in [-0.39, 0.29) is 0 Å². The van der Waals surface area contributed by atoms with Crippen LogP contribution in [0.1, 0.15) is 6.42 Å². The first-order valence-corrected chi connectivity index (χ1v) is 5.36. The van der Waals surface area contributed by atoms with Gasteiger partial charge in [0.05, 0.1) is 6.61 Å². The Labute approximate surface area is 94.7 Å². The van der Waals surface area contributed by atoms with Gasteiger partial charge in [0.15, 0.2) is 5.95 Å². The van der Waals surface area contributed by atoms with Crippen molar-refractivity contribution in [1.29, 1.82) is 0 Å². The largest absolute Gasteiger partial charge is 0.494 e. The first-order chi connectivity index (χ1) is 7.95. The Kier molecular flexibility index (Phi) is 3.82. The Balaban J connectivity index is 1.59. The van der Waals surface area contributed by atoms with Gasteiger partial charge in [0.1, 0.15) is 5.75 Å². The number of ether oxygens (including phenoxy) is 1. The van der Waals surface area contributed by atoms with Crippen molar-refractivity contribution >= 4 is 5.95 Å². The molecule has 4 heteroatoms. The molecule has 0 fully saturated rings. The van der Waals surface area contributed by atoms with Gasteiger partial charge in [-0.1, -0.05) is 18.2 Å². The van der Waals surface area contributed by atoms with E-state index in [0.29, 0.717) is 6.61 Å². The molecule has 0 spiro atoms. The molecule has 0 radical (unpaired) electrons. The van der Waals surface area contributed by atoms with Crippen molar-refractivity contribution in [2.24, 2.45) is 0 Å². The molecule has 84 valence electrons. The predicted molar refractivity (Wildman–Crippen MR) is 63.6 cm³/mol. The van der Waals surface area contributed by atoms with Gasteiger partial charge < -0.3 is 15.0 Å². The number of aromatic amines is 1. The maximum Gasteiger partial charge on any atom is 0.200 e. The number of H-pyrrole nitrogens is 1. The van der Waals surface area contributed by atoms with Crippen molar-refractivity contribution < 1.29 is 4.74 Å². The van der Waals surface area contributed by atoms with E-state index in [1.165, 1.54) is 0 Å². The van der Waals surface area contributed by atoms with Crippen LogP contribution in [0.15, 0.2) is 42.7 Å². The average molecular weight is 217 g/mol. The van der Waals surface area contributed by atoms with Crippen LogP contribution in [0.3, 0.4) is 0 Å². The summed E-state index contributed by atoms with van der Waals surface area (Å²) >= 11 is 0. The van der Waals surface area contributed by atoms with E-state index in [0.717, 1.165) is 24.7 Å². The highest BCUT2D eigenvalue weighted by Gasteiger charge is 1.93. The van der Waals surface area contributed by atoms with E-state index in [9.17, 15) is 0 Å². The van der Waals surface area contributed by atoms with Gasteiger partial charge in [-0.05, 0) is 18.6 Å². The summed E-state index contributed by atoms with van der Waals surface area (Å²) in [7, 11) is 0. The second-order valence-corrected chi connectivity index (χ2v) is 3.38. The Morgan fingerprint density at radius 3 is 2.88 bits per heavy atom. The molecule has 0 aliphatic heterocycles. The van der Waals surface area contributed by atoms with Crippen molar-refractivity contribution in [1.82, 2.24) is 9.97 Å². The normalized spacial score (nSPS) is 10.0. The van der Waals surface area contributed by atoms with E-state index in [2.05, 4.69) is 15.3 Å². The number of aromatic nitrogens is 2.